The molecule has 0 aromatic heterocycles. The maximum absolute atomic E-state index is 11.4. The van der Waals surface area contributed by atoms with E-state index in [0.29, 0.717) is 12.1 Å². The molecule has 1 aliphatic carbocycles. The number of nitrogens with one attached hydrogen (secondary N) is 1. The van der Waals surface area contributed by atoms with Crippen molar-refractivity contribution in [2.75, 3.05) is 13.7 Å². The molecular formula is C13H25NO3. The summed E-state index contributed by atoms with van der Waals surface area (Å²) in [6.07, 6.45) is 5.48. The van der Waals surface area contributed by atoms with Crippen LogP contribution < -0.4 is 5.32 Å². The highest BCUT2D eigenvalue weighted by atomic mass is 16.5. The maximum atomic E-state index is 11.4. The molecule has 0 bridgehead atoms. The van der Waals surface area contributed by atoms with Crippen LogP contribution in [0.25, 0.3) is 0 Å². The molecule has 1 fully saturated rings. The van der Waals surface area contributed by atoms with Crippen LogP contribution in [-0.4, -0.2) is 37.9 Å². The van der Waals surface area contributed by atoms with E-state index in [-0.39, 0.29) is 12.0 Å². The first-order chi connectivity index (χ1) is 8.21. The van der Waals surface area contributed by atoms with Crippen LogP contribution >= 0.6 is 0 Å². The molecular weight excluding hydrogens is 218 g/mol. The Hall–Kier alpha value is -0.610. The topological polar surface area (TPSA) is 47.6 Å². The summed E-state index contributed by atoms with van der Waals surface area (Å²) in [7, 11) is 1.43. The van der Waals surface area contributed by atoms with Crippen LogP contribution in [0.15, 0.2) is 0 Å². The number of esters is 1. The van der Waals surface area contributed by atoms with E-state index in [4.69, 9.17) is 9.47 Å². The van der Waals surface area contributed by atoms with Crippen LogP contribution in [0.3, 0.4) is 0 Å². The third-order valence-electron chi connectivity index (χ3n) is 3.28. The molecule has 4 heteroatoms. The average molecular weight is 243 g/mol. The maximum Gasteiger partial charge on any atom is 0.322 e. The van der Waals surface area contributed by atoms with E-state index in [1.165, 1.54) is 13.5 Å². The second-order valence-electron chi connectivity index (χ2n) is 4.67. The fraction of sp³-hybridized carbons (Fsp3) is 0.923. The molecule has 1 aliphatic rings. The Labute approximate surface area is 104 Å². The smallest absolute Gasteiger partial charge is 0.322 e. The molecule has 0 heterocycles. The summed E-state index contributed by atoms with van der Waals surface area (Å²) in [6.45, 7) is 5.02. The largest absolute Gasteiger partial charge is 0.468 e. The van der Waals surface area contributed by atoms with Gasteiger partial charge in [0.05, 0.1) is 13.2 Å². The number of ether oxygens (including phenoxy) is 2. The Morgan fingerprint density at radius 3 is 2.65 bits per heavy atom. The van der Waals surface area contributed by atoms with Crippen LogP contribution in [-0.2, 0) is 14.3 Å². The lowest BCUT2D eigenvalue weighted by molar-refractivity contribution is -0.144. The molecule has 0 unspecified atom stereocenters. The molecule has 0 aromatic carbocycles. The van der Waals surface area contributed by atoms with Crippen LogP contribution in [0.2, 0.25) is 0 Å². The molecule has 4 nitrogen and oxygen atoms in total. The van der Waals surface area contributed by atoms with Crippen molar-refractivity contribution in [1.82, 2.24) is 5.32 Å². The molecule has 1 rings (SSSR count). The molecule has 1 saturated carbocycles. The van der Waals surface area contributed by atoms with Gasteiger partial charge in [0.1, 0.15) is 6.04 Å². The molecule has 1 atom stereocenters. The lowest BCUT2D eigenvalue weighted by Crippen LogP contribution is -2.51. The summed E-state index contributed by atoms with van der Waals surface area (Å²) >= 11 is 0. The van der Waals surface area contributed by atoms with Crippen LogP contribution in [0.4, 0.5) is 0 Å². The van der Waals surface area contributed by atoms with Gasteiger partial charge in [-0.05, 0) is 25.7 Å². The normalized spacial score (nSPS) is 25.1. The van der Waals surface area contributed by atoms with E-state index in [1.807, 2.05) is 6.92 Å². The van der Waals surface area contributed by atoms with Gasteiger partial charge in [-0.1, -0.05) is 20.3 Å². The average Bonchev–Trinajstić information content (AvgIpc) is 2.30. The van der Waals surface area contributed by atoms with E-state index in [2.05, 4.69) is 12.2 Å². The van der Waals surface area contributed by atoms with Crippen molar-refractivity contribution in [2.45, 2.75) is 64.1 Å². The Morgan fingerprint density at radius 2 is 2.12 bits per heavy atom. The summed E-state index contributed by atoms with van der Waals surface area (Å²) < 4.78 is 10.4. The summed E-state index contributed by atoms with van der Waals surface area (Å²) in [5.41, 5.74) is 0. The second kappa shape index (κ2) is 7.67. The lowest BCUT2D eigenvalue weighted by atomic mass is 9.88. The molecule has 0 aromatic rings. The van der Waals surface area contributed by atoms with Gasteiger partial charge in [-0.2, -0.15) is 0 Å². The number of hydrogen-bond donors (Lipinski definition) is 1. The molecule has 0 amide bonds. The zero-order valence-electron chi connectivity index (χ0n) is 11.2. The number of hydrogen-bond acceptors (Lipinski definition) is 4. The van der Waals surface area contributed by atoms with Crippen LogP contribution in [0, 0.1) is 0 Å². The van der Waals surface area contributed by atoms with Crippen molar-refractivity contribution in [2.24, 2.45) is 0 Å². The highest BCUT2D eigenvalue weighted by Gasteiger charge is 2.32. The molecule has 1 N–H and O–H groups in total. The molecule has 0 spiro atoms. The minimum absolute atomic E-state index is 0.164. The van der Waals surface area contributed by atoms with E-state index >= 15 is 0 Å². The highest BCUT2D eigenvalue weighted by Crippen LogP contribution is 2.24. The molecule has 0 aliphatic heterocycles. The number of carbonyl (C=O) groups is 1. The second-order valence-corrected chi connectivity index (χ2v) is 4.67. The van der Waals surface area contributed by atoms with Gasteiger partial charge >= 0.3 is 5.97 Å². The summed E-state index contributed by atoms with van der Waals surface area (Å²) in [5, 5.41) is 3.32. The van der Waals surface area contributed by atoms with Crippen LogP contribution in [0.5, 0.6) is 0 Å². The monoisotopic (exact) mass is 243 g/mol. The van der Waals surface area contributed by atoms with Crippen molar-refractivity contribution in [3.63, 3.8) is 0 Å². The van der Waals surface area contributed by atoms with Gasteiger partial charge in [0.2, 0.25) is 0 Å². The standard InChI is InChI=1S/C13H25NO3/c1-4-6-7-17-11-8-10(9-11)14-12(5-2)13(15)16-3/h10-12,14H,4-9H2,1-3H3/t10?,11?,12-/m1/s1. The molecule has 17 heavy (non-hydrogen) atoms. The first kappa shape index (κ1) is 14.5. The SMILES string of the molecule is CCCCOC1CC(N[C@H](CC)C(=O)OC)C1. The minimum atomic E-state index is -0.165. The fourth-order valence-corrected chi connectivity index (χ4v) is 2.01. The number of methoxy groups -OCH3 is 1. The zero-order valence-corrected chi connectivity index (χ0v) is 11.2. The van der Waals surface area contributed by atoms with E-state index in [0.717, 1.165) is 32.3 Å². The van der Waals surface area contributed by atoms with Gasteiger partial charge in [-0.25, -0.2) is 0 Å². The minimum Gasteiger partial charge on any atom is -0.468 e. The van der Waals surface area contributed by atoms with Crippen molar-refractivity contribution < 1.29 is 14.3 Å². The van der Waals surface area contributed by atoms with Gasteiger partial charge in [-0.3, -0.25) is 4.79 Å². The van der Waals surface area contributed by atoms with Gasteiger partial charge in [0.15, 0.2) is 0 Å². The first-order valence-electron chi connectivity index (χ1n) is 6.66. The molecule has 100 valence electrons. The number of carbonyl (C=O) groups excluding carboxylic acids is 1. The molecule has 0 radical (unpaired) electrons. The van der Waals surface area contributed by atoms with Crippen molar-refractivity contribution >= 4 is 5.97 Å². The van der Waals surface area contributed by atoms with E-state index in [9.17, 15) is 4.79 Å². The van der Waals surface area contributed by atoms with Gasteiger partial charge in [-0.15, -0.1) is 0 Å². The third kappa shape index (κ3) is 4.64. The summed E-state index contributed by atoms with van der Waals surface area (Å²) in [4.78, 5) is 11.4. The molecule has 0 saturated heterocycles. The van der Waals surface area contributed by atoms with Gasteiger partial charge in [0.25, 0.3) is 0 Å². The van der Waals surface area contributed by atoms with Gasteiger partial charge < -0.3 is 14.8 Å². The van der Waals surface area contributed by atoms with E-state index < -0.39 is 0 Å². The Bertz CT molecular complexity index is 227. The Balaban J connectivity index is 2.13. The fourth-order valence-electron chi connectivity index (χ4n) is 2.01. The predicted octanol–water partition coefficient (Wildman–Crippen LogP) is 1.88. The summed E-state index contributed by atoms with van der Waals surface area (Å²) in [6, 6.07) is 0.243. The predicted molar refractivity (Wildman–Crippen MR) is 66.9 cm³/mol. The number of rotatable bonds is 8. The Morgan fingerprint density at radius 1 is 1.41 bits per heavy atom. The van der Waals surface area contributed by atoms with Crippen LogP contribution in [0.1, 0.15) is 46.0 Å². The van der Waals surface area contributed by atoms with E-state index in [1.54, 1.807) is 0 Å². The first-order valence-corrected chi connectivity index (χ1v) is 6.66. The summed E-state index contributed by atoms with van der Waals surface area (Å²) in [5.74, 6) is -0.164. The van der Waals surface area contributed by atoms with Crippen molar-refractivity contribution in [3.8, 4) is 0 Å². The number of unbranched alkanes of at least 4 members (excludes halogenated alkanes) is 1. The quantitative estimate of drug-likeness (QED) is 0.522. The van der Waals surface area contributed by atoms with Crippen molar-refractivity contribution in [1.29, 1.82) is 0 Å². The van der Waals surface area contributed by atoms with Gasteiger partial charge in [0, 0.05) is 12.6 Å². The Kier molecular flexibility index (Phi) is 6.52. The lowest BCUT2D eigenvalue weighted by Gasteiger charge is -2.37. The highest BCUT2D eigenvalue weighted by molar-refractivity contribution is 5.75. The van der Waals surface area contributed by atoms with Crippen molar-refractivity contribution in [3.05, 3.63) is 0 Å². The zero-order chi connectivity index (χ0) is 12.7. The third-order valence-corrected chi connectivity index (χ3v) is 3.28.